The molecule has 0 amide bonds. The summed E-state index contributed by atoms with van der Waals surface area (Å²) in [6, 6.07) is 0. The number of aliphatic imine (C=N–C) groups is 1. The second kappa shape index (κ2) is 11.2. The Morgan fingerprint density at radius 2 is 2.00 bits per heavy atom. The molecule has 0 unspecified atom stereocenters. The van der Waals surface area contributed by atoms with Crippen molar-refractivity contribution in [2.24, 2.45) is 4.99 Å². The van der Waals surface area contributed by atoms with Gasteiger partial charge in [-0.05, 0) is 12.8 Å². The van der Waals surface area contributed by atoms with Gasteiger partial charge in [0.15, 0.2) is 11.1 Å². The number of halogens is 1. The van der Waals surface area contributed by atoms with Crippen molar-refractivity contribution in [1.29, 1.82) is 0 Å². The van der Waals surface area contributed by atoms with Gasteiger partial charge in [0.05, 0.1) is 12.2 Å². The lowest BCUT2D eigenvalue weighted by Gasteiger charge is -2.11. The molecule has 0 fully saturated rings. The van der Waals surface area contributed by atoms with Gasteiger partial charge in [-0.15, -0.1) is 45.5 Å². The Kier molecular flexibility index (Phi) is 9.60. The molecular formula is C14H25IN8S. The van der Waals surface area contributed by atoms with Crippen molar-refractivity contribution in [3.63, 3.8) is 0 Å². The van der Waals surface area contributed by atoms with E-state index in [1.807, 2.05) is 23.6 Å². The molecule has 134 valence electrons. The van der Waals surface area contributed by atoms with Crippen LogP contribution in [0.5, 0.6) is 0 Å². The van der Waals surface area contributed by atoms with Crippen molar-refractivity contribution in [1.82, 2.24) is 30.4 Å². The van der Waals surface area contributed by atoms with E-state index in [9.17, 15) is 0 Å². The zero-order valence-corrected chi connectivity index (χ0v) is 17.4. The topological polar surface area (TPSA) is 83.3 Å². The highest BCUT2D eigenvalue weighted by Crippen LogP contribution is 2.17. The van der Waals surface area contributed by atoms with Gasteiger partial charge >= 0.3 is 0 Å². The number of rotatable bonds is 8. The Balaban J connectivity index is 0.00000288. The summed E-state index contributed by atoms with van der Waals surface area (Å²) in [4.78, 5) is 10.8. The van der Waals surface area contributed by atoms with E-state index in [0.29, 0.717) is 6.54 Å². The van der Waals surface area contributed by atoms with E-state index in [1.54, 1.807) is 31.0 Å². The molecule has 0 saturated heterocycles. The van der Waals surface area contributed by atoms with Crippen molar-refractivity contribution < 1.29 is 0 Å². The number of thiazole rings is 1. The van der Waals surface area contributed by atoms with E-state index in [2.05, 4.69) is 36.2 Å². The Morgan fingerprint density at radius 1 is 1.25 bits per heavy atom. The summed E-state index contributed by atoms with van der Waals surface area (Å²) >= 11 is 1.64. The summed E-state index contributed by atoms with van der Waals surface area (Å²) < 4.78 is 1.98. The first-order valence-electron chi connectivity index (χ1n) is 7.57. The van der Waals surface area contributed by atoms with E-state index >= 15 is 0 Å². The molecular weight excluding hydrogens is 439 g/mol. The van der Waals surface area contributed by atoms with Gasteiger partial charge in [-0.2, -0.15) is 0 Å². The zero-order chi connectivity index (χ0) is 16.5. The minimum Gasteiger partial charge on any atom is -0.356 e. The Bertz CT molecular complexity index is 596. The van der Waals surface area contributed by atoms with Crippen LogP contribution in [0.15, 0.2) is 23.0 Å². The molecule has 0 spiro atoms. The van der Waals surface area contributed by atoms with E-state index in [1.165, 1.54) is 0 Å². The normalized spacial score (nSPS) is 11.0. The minimum atomic E-state index is 0. The highest BCUT2D eigenvalue weighted by atomic mass is 127. The third-order valence-electron chi connectivity index (χ3n) is 3.18. The van der Waals surface area contributed by atoms with Gasteiger partial charge in [0.2, 0.25) is 0 Å². The molecule has 0 atom stereocenters. The summed E-state index contributed by atoms with van der Waals surface area (Å²) in [5.41, 5.74) is 1.02. The molecule has 0 bridgehead atoms. The highest BCUT2D eigenvalue weighted by molar-refractivity contribution is 14.0. The van der Waals surface area contributed by atoms with Crippen LogP contribution in [-0.2, 0) is 13.1 Å². The zero-order valence-electron chi connectivity index (χ0n) is 14.3. The fourth-order valence-corrected chi connectivity index (χ4v) is 2.70. The molecule has 0 aliphatic carbocycles. The quantitative estimate of drug-likeness (QED) is 0.267. The van der Waals surface area contributed by atoms with Crippen LogP contribution < -0.4 is 15.5 Å². The highest BCUT2D eigenvalue weighted by Gasteiger charge is 2.04. The summed E-state index contributed by atoms with van der Waals surface area (Å²) in [5, 5.41) is 17.2. The second-order valence-electron chi connectivity index (χ2n) is 5.28. The lowest BCUT2D eigenvalue weighted by molar-refractivity contribution is 0.597. The molecule has 8 nitrogen and oxygen atoms in total. The van der Waals surface area contributed by atoms with Crippen LogP contribution in [-0.4, -0.2) is 53.4 Å². The lowest BCUT2D eigenvalue weighted by Crippen LogP contribution is -2.37. The van der Waals surface area contributed by atoms with Gasteiger partial charge in [-0.25, -0.2) is 4.98 Å². The van der Waals surface area contributed by atoms with Crippen LogP contribution >= 0.6 is 35.3 Å². The van der Waals surface area contributed by atoms with Gasteiger partial charge in [0.1, 0.15) is 12.7 Å². The number of guanidine groups is 1. The number of aromatic nitrogens is 4. The van der Waals surface area contributed by atoms with Gasteiger partial charge in [-0.1, -0.05) is 0 Å². The molecule has 0 aromatic carbocycles. The minimum absolute atomic E-state index is 0. The van der Waals surface area contributed by atoms with Crippen molar-refractivity contribution in [3.05, 3.63) is 23.7 Å². The molecule has 0 aliphatic heterocycles. The van der Waals surface area contributed by atoms with Crippen molar-refractivity contribution >= 4 is 46.4 Å². The van der Waals surface area contributed by atoms with E-state index in [-0.39, 0.29) is 24.0 Å². The smallest absolute Gasteiger partial charge is 0.191 e. The summed E-state index contributed by atoms with van der Waals surface area (Å²) in [6.07, 6.45) is 5.61. The summed E-state index contributed by atoms with van der Waals surface area (Å²) in [6.45, 7) is 2.49. The Hall–Kier alpha value is -1.43. The molecule has 0 saturated carbocycles. The third-order valence-corrected chi connectivity index (χ3v) is 4.24. The summed E-state index contributed by atoms with van der Waals surface area (Å²) in [5.74, 6) is 0.800. The maximum atomic E-state index is 4.54. The first-order chi connectivity index (χ1) is 11.2. The maximum Gasteiger partial charge on any atom is 0.191 e. The van der Waals surface area contributed by atoms with Crippen molar-refractivity contribution in [2.45, 2.75) is 25.9 Å². The Morgan fingerprint density at radius 3 is 2.62 bits per heavy atom. The predicted octanol–water partition coefficient (Wildman–Crippen LogP) is 1.56. The third kappa shape index (κ3) is 6.99. The Labute approximate surface area is 163 Å². The monoisotopic (exact) mass is 464 g/mol. The lowest BCUT2D eigenvalue weighted by atomic mass is 10.3. The van der Waals surface area contributed by atoms with Crippen molar-refractivity contribution in [2.75, 3.05) is 32.6 Å². The summed E-state index contributed by atoms with van der Waals surface area (Å²) in [7, 11) is 5.77. The molecule has 2 rings (SSSR count). The van der Waals surface area contributed by atoms with Crippen LogP contribution in [0.1, 0.15) is 18.5 Å². The average molecular weight is 464 g/mol. The van der Waals surface area contributed by atoms with Crippen LogP contribution in [0, 0.1) is 0 Å². The molecule has 2 N–H and O–H groups in total. The molecule has 0 radical (unpaired) electrons. The SMILES string of the molecule is CN=C(NCCCCn1cnnc1)NCc1csc(N(C)C)n1.I. The number of nitrogens with zero attached hydrogens (tertiary/aromatic N) is 6. The second-order valence-corrected chi connectivity index (χ2v) is 6.11. The predicted molar refractivity (Wildman–Crippen MR) is 109 cm³/mol. The number of anilines is 1. The molecule has 2 heterocycles. The van der Waals surface area contributed by atoms with E-state index < -0.39 is 0 Å². The van der Waals surface area contributed by atoms with Gasteiger partial charge in [-0.3, -0.25) is 4.99 Å². The van der Waals surface area contributed by atoms with Gasteiger partial charge in [0.25, 0.3) is 0 Å². The maximum absolute atomic E-state index is 4.54. The number of aryl methyl sites for hydroxylation is 1. The number of hydrogen-bond donors (Lipinski definition) is 2. The van der Waals surface area contributed by atoms with Crippen molar-refractivity contribution in [3.8, 4) is 0 Å². The number of nitrogens with one attached hydrogen (secondary N) is 2. The first kappa shape index (κ1) is 20.6. The standard InChI is InChI=1S/C14H24N8S.HI/c1-15-13(16-6-4-5-7-22-10-18-19-11-22)17-8-12-9-23-14(20-12)21(2)3;/h9-11H,4-8H2,1-3H3,(H2,15,16,17);1H. The molecule has 24 heavy (non-hydrogen) atoms. The fraction of sp³-hybridized carbons (Fsp3) is 0.571. The largest absolute Gasteiger partial charge is 0.356 e. The van der Waals surface area contributed by atoms with E-state index in [4.69, 9.17) is 0 Å². The van der Waals surface area contributed by atoms with Crippen LogP contribution in [0.4, 0.5) is 5.13 Å². The van der Waals surface area contributed by atoms with Gasteiger partial charge in [0, 0.05) is 39.6 Å². The average Bonchev–Trinajstić information content (AvgIpc) is 3.21. The molecule has 10 heteroatoms. The fourth-order valence-electron chi connectivity index (χ4n) is 1.94. The van der Waals surface area contributed by atoms with Gasteiger partial charge < -0.3 is 20.1 Å². The number of hydrogen-bond acceptors (Lipinski definition) is 6. The van der Waals surface area contributed by atoms with Crippen LogP contribution in [0.2, 0.25) is 0 Å². The van der Waals surface area contributed by atoms with Crippen LogP contribution in [0.3, 0.4) is 0 Å². The molecule has 2 aromatic heterocycles. The number of unbranched alkanes of at least 4 members (excludes halogenated alkanes) is 1. The first-order valence-corrected chi connectivity index (χ1v) is 8.45. The molecule has 0 aliphatic rings. The van der Waals surface area contributed by atoms with E-state index in [0.717, 1.165) is 42.7 Å². The van der Waals surface area contributed by atoms with Crippen LogP contribution in [0.25, 0.3) is 0 Å². The molecule has 2 aromatic rings.